The van der Waals surface area contributed by atoms with Gasteiger partial charge in [0.2, 0.25) is 6.10 Å². The van der Waals surface area contributed by atoms with Gasteiger partial charge in [-0.05, 0) is 6.07 Å². The SMILES string of the molecule is CC(C)C(=O)OC[C@H]1O[C@@](C#N)(n2ccc(N)nc2=O)C(OC(=O)C(C)C)C1OC(=O)C(C)C. The van der Waals surface area contributed by atoms with Crippen LogP contribution < -0.4 is 11.4 Å². The van der Waals surface area contributed by atoms with Crippen LogP contribution in [0.15, 0.2) is 17.1 Å². The zero-order valence-electron chi connectivity index (χ0n) is 20.0. The summed E-state index contributed by atoms with van der Waals surface area (Å²) in [5, 5.41) is 10.2. The Kier molecular flexibility index (Phi) is 8.39. The number of esters is 3. The summed E-state index contributed by atoms with van der Waals surface area (Å²) in [6, 6.07) is 3.13. The summed E-state index contributed by atoms with van der Waals surface area (Å²) < 4.78 is 23.1. The Labute approximate surface area is 196 Å². The van der Waals surface area contributed by atoms with Crippen molar-refractivity contribution in [3.63, 3.8) is 0 Å². The summed E-state index contributed by atoms with van der Waals surface area (Å²) in [6.45, 7) is 9.14. The third kappa shape index (κ3) is 5.53. The standard InChI is InChI=1S/C22H30N4O8/c1-11(2)18(27)31-9-14-16(32-19(28)12(3)4)17(33-20(29)13(5)6)22(10-23,34-14)26-8-7-15(24)25-21(26)30/h7-8,11-14,16-17H,9H2,1-6H3,(H2,24,25,30)/t14-,16?,17?,22-/m1/s1. The number of nitrogens with two attached hydrogens (primary N) is 1. The van der Waals surface area contributed by atoms with Crippen molar-refractivity contribution in [3.05, 3.63) is 22.7 Å². The number of hydrogen-bond acceptors (Lipinski definition) is 11. The zero-order chi connectivity index (χ0) is 25.8. The normalized spacial score (nSPS) is 24.2. The fourth-order valence-corrected chi connectivity index (χ4v) is 3.07. The largest absolute Gasteiger partial charge is 0.463 e. The molecule has 4 atom stereocenters. The minimum Gasteiger partial charge on any atom is -0.463 e. The molecule has 186 valence electrons. The Morgan fingerprint density at radius 3 is 2.18 bits per heavy atom. The lowest BCUT2D eigenvalue weighted by atomic mass is 10.0. The predicted octanol–water partition coefficient (Wildman–Crippen LogP) is 0.735. The number of nitrogens with zero attached hydrogens (tertiary/aromatic N) is 3. The summed E-state index contributed by atoms with van der Waals surface area (Å²) in [4.78, 5) is 53.4. The second-order valence-corrected chi connectivity index (χ2v) is 8.82. The van der Waals surface area contributed by atoms with E-state index in [9.17, 15) is 24.4 Å². The van der Waals surface area contributed by atoms with Gasteiger partial charge >= 0.3 is 23.6 Å². The topological polar surface area (TPSA) is 173 Å². The summed E-state index contributed by atoms with van der Waals surface area (Å²) >= 11 is 0. The predicted molar refractivity (Wildman–Crippen MR) is 117 cm³/mol. The van der Waals surface area contributed by atoms with E-state index in [1.807, 2.05) is 6.07 Å². The molecule has 0 aromatic carbocycles. The Balaban J connectivity index is 2.64. The molecule has 0 aliphatic carbocycles. The highest BCUT2D eigenvalue weighted by Gasteiger charge is 2.62. The van der Waals surface area contributed by atoms with Crippen molar-refractivity contribution in [1.29, 1.82) is 5.26 Å². The van der Waals surface area contributed by atoms with Crippen molar-refractivity contribution in [2.45, 2.75) is 65.6 Å². The molecule has 2 unspecified atom stereocenters. The molecule has 0 saturated carbocycles. The number of carbonyl (C=O) groups is 3. The number of nitrogen functional groups attached to an aromatic ring is 1. The average molecular weight is 479 g/mol. The molecule has 1 fully saturated rings. The van der Waals surface area contributed by atoms with Gasteiger partial charge < -0.3 is 24.7 Å². The van der Waals surface area contributed by atoms with Crippen molar-refractivity contribution < 1.29 is 33.3 Å². The molecule has 2 heterocycles. The first kappa shape index (κ1) is 26.8. The molecular formula is C22H30N4O8. The molecule has 0 bridgehead atoms. The average Bonchev–Trinajstić information content (AvgIpc) is 3.04. The molecule has 1 aromatic rings. The minimum atomic E-state index is -2.28. The maximum atomic E-state index is 12.7. The second kappa shape index (κ2) is 10.6. The molecule has 34 heavy (non-hydrogen) atoms. The van der Waals surface area contributed by atoms with E-state index in [4.69, 9.17) is 24.7 Å². The molecule has 1 aromatic heterocycles. The smallest absolute Gasteiger partial charge is 0.352 e. The number of carbonyl (C=O) groups excluding carboxylic acids is 3. The van der Waals surface area contributed by atoms with E-state index < -0.39 is 72.0 Å². The quantitative estimate of drug-likeness (QED) is 0.412. The van der Waals surface area contributed by atoms with Gasteiger partial charge in [-0.15, -0.1) is 0 Å². The van der Waals surface area contributed by atoms with Gasteiger partial charge in [0.1, 0.15) is 24.6 Å². The Hall–Kier alpha value is -3.46. The van der Waals surface area contributed by atoms with E-state index in [-0.39, 0.29) is 5.82 Å². The molecule has 1 aliphatic heterocycles. The van der Waals surface area contributed by atoms with Gasteiger partial charge in [-0.25, -0.2) is 4.79 Å². The van der Waals surface area contributed by atoms with E-state index in [2.05, 4.69) is 4.98 Å². The number of aromatic nitrogens is 2. The van der Waals surface area contributed by atoms with Crippen LogP contribution in [0.2, 0.25) is 0 Å². The lowest BCUT2D eigenvalue weighted by Crippen LogP contribution is -2.52. The summed E-state index contributed by atoms with van der Waals surface area (Å²) in [6.07, 6.45) is -3.03. The summed E-state index contributed by atoms with van der Waals surface area (Å²) in [5.41, 5.74) is 2.33. The highest BCUT2D eigenvalue weighted by Crippen LogP contribution is 2.39. The monoisotopic (exact) mass is 478 g/mol. The Morgan fingerprint density at radius 1 is 1.12 bits per heavy atom. The maximum absolute atomic E-state index is 12.7. The highest BCUT2D eigenvalue weighted by atomic mass is 16.7. The van der Waals surface area contributed by atoms with Crippen LogP contribution >= 0.6 is 0 Å². The van der Waals surface area contributed by atoms with E-state index in [0.717, 1.165) is 10.8 Å². The van der Waals surface area contributed by atoms with Crippen LogP contribution in [-0.4, -0.2) is 52.4 Å². The van der Waals surface area contributed by atoms with Crippen LogP contribution in [0.4, 0.5) is 5.82 Å². The van der Waals surface area contributed by atoms with Crippen molar-refractivity contribution in [1.82, 2.24) is 9.55 Å². The van der Waals surface area contributed by atoms with Crippen LogP contribution in [0.5, 0.6) is 0 Å². The number of ether oxygens (including phenoxy) is 4. The van der Waals surface area contributed by atoms with E-state index in [0.29, 0.717) is 0 Å². The molecule has 1 aliphatic rings. The van der Waals surface area contributed by atoms with Gasteiger partial charge in [-0.2, -0.15) is 10.2 Å². The fourth-order valence-electron chi connectivity index (χ4n) is 3.07. The van der Waals surface area contributed by atoms with E-state index in [1.165, 1.54) is 6.07 Å². The van der Waals surface area contributed by atoms with Gasteiger partial charge in [-0.3, -0.25) is 19.0 Å². The first-order chi connectivity index (χ1) is 15.8. The number of anilines is 1. The maximum Gasteiger partial charge on any atom is 0.352 e. The van der Waals surface area contributed by atoms with Gasteiger partial charge in [-0.1, -0.05) is 41.5 Å². The number of nitriles is 1. The zero-order valence-corrected chi connectivity index (χ0v) is 20.0. The molecule has 12 nitrogen and oxygen atoms in total. The summed E-state index contributed by atoms with van der Waals surface area (Å²) in [5.74, 6) is -3.71. The molecule has 12 heteroatoms. The number of hydrogen-bond donors (Lipinski definition) is 1. The molecule has 0 radical (unpaired) electrons. The van der Waals surface area contributed by atoms with E-state index >= 15 is 0 Å². The van der Waals surface area contributed by atoms with Gasteiger partial charge in [0.15, 0.2) is 6.10 Å². The molecule has 2 rings (SSSR count). The highest BCUT2D eigenvalue weighted by molar-refractivity contribution is 5.73. The second-order valence-electron chi connectivity index (χ2n) is 8.82. The van der Waals surface area contributed by atoms with Gasteiger partial charge in [0.25, 0.3) is 5.72 Å². The number of rotatable bonds is 8. The molecule has 0 spiro atoms. The van der Waals surface area contributed by atoms with E-state index in [1.54, 1.807) is 41.5 Å². The third-order valence-electron chi connectivity index (χ3n) is 5.02. The van der Waals surface area contributed by atoms with Crippen molar-refractivity contribution in [3.8, 4) is 6.07 Å². The minimum absolute atomic E-state index is 0.103. The molecule has 0 amide bonds. The van der Waals surface area contributed by atoms with Crippen LogP contribution in [0.25, 0.3) is 0 Å². The first-order valence-electron chi connectivity index (χ1n) is 10.9. The Morgan fingerprint density at radius 2 is 1.68 bits per heavy atom. The van der Waals surface area contributed by atoms with Crippen LogP contribution in [-0.2, 0) is 39.1 Å². The van der Waals surface area contributed by atoms with Crippen molar-refractivity contribution in [2.24, 2.45) is 17.8 Å². The first-order valence-corrected chi connectivity index (χ1v) is 10.9. The molecule has 1 saturated heterocycles. The van der Waals surface area contributed by atoms with Crippen LogP contribution in [0, 0.1) is 29.1 Å². The third-order valence-corrected chi connectivity index (χ3v) is 5.02. The van der Waals surface area contributed by atoms with Crippen molar-refractivity contribution in [2.75, 3.05) is 12.3 Å². The van der Waals surface area contributed by atoms with Crippen LogP contribution in [0.1, 0.15) is 41.5 Å². The lowest BCUT2D eigenvalue weighted by Gasteiger charge is -2.30. The summed E-state index contributed by atoms with van der Waals surface area (Å²) in [7, 11) is 0. The van der Waals surface area contributed by atoms with Gasteiger partial charge in [0.05, 0.1) is 17.8 Å². The molecule has 2 N–H and O–H groups in total. The lowest BCUT2D eigenvalue weighted by molar-refractivity contribution is -0.177. The fraction of sp³-hybridized carbons (Fsp3) is 0.636. The molecular weight excluding hydrogens is 448 g/mol. The van der Waals surface area contributed by atoms with Crippen LogP contribution in [0.3, 0.4) is 0 Å². The van der Waals surface area contributed by atoms with Gasteiger partial charge in [0, 0.05) is 6.20 Å². The van der Waals surface area contributed by atoms with Crippen molar-refractivity contribution >= 4 is 23.7 Å². The Bertz CT molecular complexity index is 1030.